The van der Waals surface area contributed by atoms with E-state index in [9.17, 15) is 14.4 Å². The Labute approximate surface area is 116 Å². The zero-order valence-electron chi connectivity index (χ0n) is 11.3. The summed E-state index contributed by atoms with van der Waals surface area (Å²) in [6.45, 7) is 1.62. The number of carbonyl (C=O) groups excluding carboxylic acids is 3. The number of imide groups is 1. The number of piperidine rings is 1. The highest BCUT2D eigenvalue weighted by Crippen LogP contribution is 2.17. The van der Waals surface area contributed by atoms with Crippen LogP contribution in [0.4, 0.5) is 11.4 Å². The van der Waals surface area contributed by atoms with Gasteiger partial charge in [0.1, 0.15) is 6.54 Å². The van der Waals surface area contributed by atoms with Gasteiger partial charge in [-0.1, -0.05) is 6.07 Å². The molecule has 1 aliphatic heterocycles. The second-order valence-electron chi connectivity index (χ2n) is 4.85. The number of nitrogens with zero attached hydrogens (tertiary/aromatic N) is 1. The Hall–Kier alpha value is -2.37. The van der Waals surface area contributed by atoms with Crippen LogP contribution in [-0.4, -0.2) is 29.2 Å². The molecule has 3 N–H and O–H groups in total. The maximum atomic E-state index is 11.9. The van der Waals surface area contributed by atoms with Crippen LogP contribution in [0.25, 0.3) is 0 Å². The molecule has 0 unspecified atom stereocenters. The number of hydrogen-bond donors (Lipinski definition) is 2. The fraction of sp³-hybridized carbons (Fsp3) is 0.357. The minimum Gasteiger partial charge on any atom is -0.398 e. The maximum absolute atomic E-state index is 11.9. The Morgan fingerprint density at radius 3 is 2.55 bits per heavy atom. The zero-order chi connectivity index (χ0) is 14.7. The third-order valence-corrected chi connectivity index (χ3v) is 3.25. The molecule has 6 heteroatoms. The molecule has 0 bridgehead atoms. The quantitative estimate of drug-likeness (QED) is 0.637. The van der Waals surface area contributed by atoms with Crippen LogP contribution in [-0.2, 0) is 14.4 Å². The summed E-state index contributed by atoms with van der Waals surface area (Å²) < 4.78 is 0. The summed E-state index contributed by atoms with van der Waals surface area (Å²) in [5.41, 5.74) is 7.80. The monoisotopic (exact) mass is 275 g/mol. The molecule has 0 atom stereocenters. The van der Waals surface area contributed by atoms with E-state index in [-0.39, 0.29) is 18.4 Å². The van der Waals surface area contributed by atoms with Crippen LogP contribution in [0, 0.1) is 6.92 Å². The fourth-order valence-electron chi connectivity index (χ4n) is 2.04. The standard InChI is InChI=1S/C14H17N3O3/c1-9-5-6-10(7-11(9)15)16-12(18)8-17-13(19)3-2-4-14(17)20/h5-7H,2-4,8,15H2,1H3,(H,16,18). The number of rotatable bonds is 3. The lowest BCUT2D eigenvalue weighted by atomic mass is 10.1. The number of aryl methyl sites for hydroxylation is 1. The maximum Gasteiger partial charge on any atom is 0.244 e. The van der Waals surface area contributed by atoms with Crippen molar-refractivity contribution in [2.45, 2.75) is 26.2 Å². The fourth-order valence-corrected chi connectivity index (χ4v) is 2.04. The summed E-state index contributed by atoms with van der Waals surface area (Å²) in [6.07, 6.45) is 1.19. The topological polar surface area (TPSA) is 92.5 Å². The van der Waals surface area contributed by atoms with Crippen LogP contribution in [0.5, 0.6) is 0 Å². The van der Waals surface area contributed by atoms with Crippen molar-refractivity contribution in [3.05, 3.63) is 23.8 Å². The summed E-state index contributed by atoms with van der Waals surface area (Å²) in [4.78, 5) is 36.1. The average Bonchev–Trinajstić information content (AvgIpc) is 2.38. The van der Waals surface area contributed by atoms with Gasteiger partial charge in [-0.3, -0.25) is 19.3 Å². The van der Waals surface area contributed by atoms with Gasteiger partial charge >= 0.3 is 0 Å². The van der Waals surface area contributed by atoms with Crippen molar-refractivity contribution in [3.63, 3.8) is 0 Å². The predicted molar refractivity (Wildman–Crippen MR) is 74.8 cm³/mol. The van der Waals surface area contributed by atoms with E-state index in [0.29, 0.717) is 30.6 Å². The molecule has 20 heavy (non-hydrogen) atoms. The lowest BCUT2D eigenvalue weighted by Crippen LogP contribution is -2.44. The van der Waals surface area contributed by atoms with Gasteiger partial charge in [0.05, 0.1) is 0 Å². The molecule has 1 aromatic carbocycles. The third-order valence-electron chi connectivity index (χ3n) is 3.25. The molecule has 106 valence electrons. The molecular formula is C14H17N3O3. The zero-order valence-corrected chi connectivity index (χ0v) is 11.3. The first kappa shape index (κ1) is 14.0. The Morgan fingerprint density at radius 2 is 1.95 bits per heavy atom. The number of amides is 3. The lowest BCUT2D eigenvalue weighted by Gasteiger charge is -2.24. The Morgan fingerprint density at radius 1 is 1.30 bits per heavy atom. The van der Waals surface area contributed by atoms with Gasteiger partial charge < -0.3 is 11.1 Å². The van der Waals surface area contributed by atoms with Gasteiger partial charge in [-0.05, 0) is 31.0 Å². The second kappa shape index (κ2) is 5.73. The summed E-state index contributed by atoms with van der Waals surface area (Å²) in [6, 6.07) is 5.17. The van der Waals surface area contributed by atoms with E-state index in [2.05, 4.69) is 5.32 Å². The van der Waals surface area contributed by atoms with Crippen molar-refractivity contribution in [1.29, 1.82) is 0 Å². The van der Waals surface area contributed by atoms with Gasteiger partial charge in [-0.15, -0.1) is 0 Å². The van der Waals surface area contributed by atoms with Crippen LogP contribution < -0.4 is 11.1 Å². The Kier molecular flexibility index (Phi) is 4.02. The molecule has 1 aromatic rings. The van der Waals surface area contributed by atoms with E-state index < -0.39 is 5.91 Å². The number of anilines is 2. The van der Waals surface area contributed by atoms with Crippen molar-refractivity contribution in [2.24, 2.45) is 0 Å². The van der Waals surface area contributed by atoms with Crippen molar-refractivity contribution in [3.8, 4) is 0 Å². The van der Waals surface area contributed by atoms with Gasteiger partial charge in [-0.2, -0.15) is 0 Å². The molecule has 6 nitrogen and oxygen atoms in total. The van der Waals surface area contributed by atoms with Crippen molar-refractivity contribution in [1.82, 2.24) is 4.90 Å². The van der Waals surface area contributed by atoms with Gasteiger partial charge in [0.25, 0.3) is 0 Å². The summed E-state index contributed by atoms with van der Waals surface area (Å²) in [5, 5.41) is 2.63. The van der Waals surface area contributed by atoms with E-state index >= 15 is 0 Å². The molecule has 3 amide bonds. The molecule has 0 radical (unpaired) electrons. The number of hydrogen-bond acceptors (Lipinski definition) is 4. The number of nitrogen functional groups attached to an aromatic ring is 1. The number of carbonyl (C=O) groups is 3. The first-order chi connectivity index (χ1) is 9.47. The van der Waals surface area contributed by atoms with Crippen LogP contribution in [0.2, 0.25) is 0 Å². The molecule has 1 saturated heterocycles. The average molecular weight is 275 g/mol. The minimum absolute atomic E-state index is 0.245. The molecular weight excluding hydrogens is 258 g/mol. The summed E-state index contributed by atoms with van der Waals surface area (Å²) in [7, 11) is 0. The normalized spacial score (nSPS) is 15.3. The molecule has 0 aliphatic carbocycles. The Bertz CT molecular complexity index is 553. The SMILES string of the molecule is Cc1ccc(NC(=O)CN2C(=O)CCCC2=O)cc1N. The van der Waals surface area contributed by atoms with Gasteiger partial charge in [-0.25, -0.2) is 0 Å². The Balaban J connectivity index is 1.99. The smallest absolute Gasteiger partial charge is 0.244 e. The summed E-state index contributed by atoms with van der Waals surface area (Å²) >= 11 is 0. The van der Waals surface area contributed by atoms with Gasteiger partial charge in [0.15, 0.2) is 0 Å². The first-order valence-corrected chi connectivity index (χ1v) is 6.46. The third kappa shape index (κ3) is 3.14. The second-order valence-corrected chi connectivity index (χ2v) is 4.85. The van der Waals surface area contributed by atoms with Crippen molar-refractivity contribution >= 4 is 29.1 Å². The van der Waals surface area contributed by atoms with Crippen molar-refractivity contribution in [2.75, 3.05) is 17.6 Å². The van der Waals surface area contributed by atoms with Crippen LogP contribution in [0.1, 0.15) is 24.8 Å². The first-order valence-electron chi connectivity index (χ1n) is 6.46. The number of nitrogens with one attached hydrogen (secondary N) is 1. The van der Waals surface area contributed by atoms with E-state index in [0.717, 1.165) is 10.5 Å². The van der Waals surface area contributed by atoms with E-state index in [1.165, 1.54) is 0 Å². The van der Waals surface area contributed by atoms with Crippen LogP contribution in [0.3, 0.4) is 0 Å². The van der Waals surface area contributed by atoms with E-state index in [4.69, 9.17) is 5.73 Å². The molecule has 1 fully saturated rings. The number of nitrogens with two attached hydrogens (primary N) is 1. The highest BCUT2D eigenvalue weighted by atomic mass is 16.2. The van der Waals surface area contributed by atoms with Gasteiger partial charge in [0, 0.05) is 24.2 Å². The molecule has 1 aliphatic rings. The molecule has 0 saturated carbocycles. The highest BCUT2D eigenvalue weighted by Gasteiger charge is 2.27. The molecule has 2 rings (SSSR count). The van der Waals surface area contributed by atoms with Crippen LogP contribution >= 0.6 is 0 Å². The predicted octanol–water partition coefficient (Wildman–Crippen LogP) is 1.05. The van der Waals surface area contributed by atoms with Crippen LogP contribution in [0.15, 0.2) is 18.2 Å². The number of likely N-dealkylation sites (tertiary alicyclic amines) is 1. The lowest BCUT2D eigenvalue weighted by molar-refractivity contribution is -0.150. The van der Waals surface area contributed by atoms with Crippen molar-refractivity contribution < 1.29 is 14.4 Å². The molecule has 0 spiro atoms. The minimum atomic E-state index is -0.406. The molecule has 0 aromatic heterocycles. The highest BCUT2D eigenvalue weighted by molar-refractivity contribution is 6.03. The summed E-state index contributed by atoms with van der Waals surface area (Å²) in [5.74, 6) is -0.989. The largest absolute Gasteiger partial charge is 0.398 e. The van der Waals surface area contributed by atoms with Gasteiger partial charge in [0.2, 0.25) is 17.7 Å². The van der Waals surface area contributed by atoms with E-state index in [1.807, 2.05) is 6.92 Å². The molecule has 1 heterocycles. The number of benzene rings is 1. The van der Waals surface area contributed by atoms with E-state index in [1.54, 1.807) is 18.2 Å².